The molecule has 0 radical (unpaired) electrons. The highest BCUT2D eigenvalue weighted by molar-refractivity contribution is 9.10. The van der Waals surface area contributed by atoms with Crippen molar-refractivity contribution in [2.45, 2.75) is 6.54 Å². The van der Waals surface area contributed by atoms with E-state index in [1.807, 2.05) is 34.3 Å². The van der Waals surface area contributed by atoms with Crippen LogP contribution < -0.4 is 0 Å². The molecule has 0 aliphatic rings. The molecule has 0 saturated heterocycles. The second-order valence-electron chi connectivity index (χ2n) is 4.47. The predicted molar refractivity (Wildman–Crippen MR) is 85.7 cm³/mol. The Morgan fingerprint density at radius 1 is 1.38 bits per heavy atom. The smallest absolute Gasteiger partial charge is 0.335 e. The van der Waals surface area contributed by atoms with Crippen LogP contribution in [0.4, 0.5) is 0 Å². The molecule has 3 aromatic rings. The highest BCUT2D eigenvalue weighted by Gasteiger charge is 2.10. The van der Waals surface area contributed by atoms with Crippen molar-refractivity contribution in [1.29, 1.82) is 0 Å². The summed E-state index contributed by atoms with van der Waals surface area (Å²) in [7, 11) is 0. The number of carboxylic acids is 1. The Bertz CT molecular complexity index is 781. The average Bonchev–Trinajstić information content (AvgIpc) is 3.11. The van der Waals surface area contributed by atoms with Gasteiger partial charge in [-0.25, -0.2) is 9.78 Å². The fourth-order valence-corrected chi connectivity index (χ4v) is 3.30. The van der Waals surface area contributed by atoms with Crippen LogP contribution in [0, 0.1) is 0 Å². The van der Waals surface area contributed by atoms with Gasteiger partial charge >= 0.3 is 5.97 Å². The summed E-state index contributed by atoms with van der Waals surface area (Å²) in [6.45, 7) is 0.633. The van der Waals surface area contributed by atoms with Gasteiger partial charge in [-0.1, -0.05) is 28.1 Å². The maximum atomic E-state index is 11.0. The van der Waals surface area contributed by atoms with Crippen molar-refractivity contribution >= 4 is 33.2 Å². The van der Waals surface area contributed by atoms with E-state index in [1.165, 1.54) is 0 Å². The lowest BCUT2D eigenvalue weighted by Crippen LogP contribution is -2.03. The molecular formula is C15H11BrN2O2S. The lowest BCUT2D eigenvalue weighted by Gasteiger charge is -2.09. The first-order valence-corrected chi connectivity index (χ1v) is 7.89. The van der Waals surface area contributed by atoms with Gasteiger partial charge in [-0.3, -0.25) is 0 Å². The van der Waals surface area contributed by atoms with Crippen molar-refractivity contribution in [3.8, 4) is 10.7 Å². The summed E-state index contributed by atoms with van der Waals surface area (Å²) in [6.07, 6.45) is 3.70. The molecule has 6 heteroatoms. The van der Waals surface area contributed by atoms with Crippen LogP contribution in [0.2, 0.25) is 0 Å². The fourth-order valence-electron chi connectivity index (χ4n) is 2.06. The van der Waals surface area contributed by atoms with Crippen molar-refractivity contribution in [3.63, 3.8) is 0 Å². The molecule has 0 aliphatic carbocycles. The quantitative estimate of drug-likeness (QED) is 0.759. The molecule has 4 nitrogen and oxygen atoms in total. The van der Waals surface area contributed by atoms with Gasteiger partial charge in [0.05, 0.1) is 17.0 Å². The maximum absolute atomic E-state index is 11.0. The van der Waals surface area contributed by atoms with Crippen LogP contribution in [0.15, 0.2) is 52.6 Å². The summed E-state index contributed by atoms with van der Waals surface area (Å²) in [6, 6.07) is 9.10. The van der Waals surface area contributed by atoms with E-state index >= 15 is 0 Å². The van der Waals surface area contributed by atoms with E-state index in [0.29, 0.717) is 6.54 Å². The summed E-state index contributed by atoms with van der Waals surface area (Å²) in [5.74, 6) is -0.0108. The number of thiophene rings is 1. The number of benzene rings is 1. The number of imidazole rings is 1. The van der Waals surface area contributed by atoms with Gasteiger partial charge in [0.15, 0.2) is 0 Å². The number of hydrogen-bond donors (Lipinski definition) is 1. The van der Waals surface area contributed by atoms with Crippen LogP contribution in [0.3, 0.4) is 0 Å². The van der Waals surface area contributed by atoms with E-state index in [2.05, 4.69) is 20.9 Å². The third-order valence-corrected chi connectivity index (χ3v) is 4.70. The molecular weight excluding hydrogens is 352 g/mol. The molecule has 0 aliphatic heterocycles. The highest BCUT2D eigenvalue weighted by atomic mass is 79.9. The molecule has 1 N–H and O–H groups in total. The lowest BCUT2D eigenvalue weighted by molar-refractivity contribution is 0.0697. The van der Waals surface area contributed by atoms with E-state index in [9.17, 15) is 4.79 Å². The minimum Gasteiger partial charge on any atom is -0.478 e. The molecule has 0 atom stereocenters. The zero-order valence-corrected chi connectivity index (χ0v) is 13.3. The Hall–Kier alpha value is -1.92. The molecule has 2 aromatic heterocycles. The first-order valence-electron chi connectivity index (χ1n) is 6.22. The lowest BCUT2D eigenvalue weighted by atomic mass is 10.1. The van der Waals surface area contributed by atoms with Gasteiger partial charge in [-0.2, -0.15) is 0 Å². The van der Waals surface area contributed by atoms with E-state index in [-0.39, 0.29) is 5.56 Å². The number of carboxylic acid groups (broad SMARTS) is 1. The number of aromatic carboxylic acids is 1. The second-order valence-corrected chi connectivity index (χ2v) is 6.27. The summed E-state index contributed by atoms with van der Waals surface area (Å²) >= 11 is 5.08. The zero-order valence-electron chi connectivity index (χ0n) is 10.9. The molecule has 0 spiro atoms. The molecule has 0 unspecified atom stereocenters. The van der Waals surface area contributed by atoms with Gasteiger partial charge in [-0.05, 0) is 29.1 Å². The number of hydrogen-bond acceptors (Lipinski definition) is 3. The van der Waals surface area contributed by atoms with Gasteiger partial charge < -0.3 is 9.67 Å². The Kier molecular flexibility index (Phi) is 3.90. The summed E-state index contributed by atoms with van der Waals surface area (Å²) in [5, 5.41) is 11.0. The number of carbonyl (C=O) groups is 1. The minimum atomic E-state index is -0.927. The standard InChI is InChI=1S/C15H11BrN2O2S/c16-12-8-10(15(19)20)3-4-11(12)9-18-6-5-17-14(18)13-2-1-7-21-13/h1-8H,9H2,(H,19,20). The molecule has 0 bridgehead atoms. The normalized spacial score (nSPS) is 10.7. The van der Waals surface area contributed by atoms with Crippen LogP contribution in [0.1, 0.15) is 15.9 Å². The molecule has 106 valence electrons. The maximum Gasteiger partial charge on any atom is 0.335 e. The summed E-state index contributed by atoms with van der Waals surface area (Å²) in [5.41, 5.74) is 1.28. The summed E-state index contributed by atoms with van der Waals surface area (Å²) in [4.78, 5) is 16.5. The largest absolute Gasteiger partial charge is 0.478 e. The van der Waals surface area contributed by atoms with Crippen molar-refractivity contribution in [2.75, 3.05) is 0 Å². The van der Waals surface area contributed by atoms with Gasteiger partial charge in [-0.15, -0.1) is 11.3 Å². The molecule has 0 fully saturated rings. The van der Waals surface area contributed by atoms with Crippen LogP contribution in [-0.4, -0.2) is 20.6 Å². The topological polar surface area (TPSA) is 55.1 Å². The molecule has 0 saturated carbocycles. The van der Waals surface area contributed by atoms with E-state index in [4.69, 9.17) is 5.11 Å². The van der Waals surface area contributed by atoms with Crippen LogP contribution in [0.25, 0.3) is 10.7 Å². The zero-order chi connectivity index (χ0) is 14.8. The first kappa shape index (κ1) is 14.0. The molecule has 3 rings (SSSR count). The van der Waals surface area contributed by atoms with Crippen molar-refractivity contribution in [2.24, 2.45) is 0 Å². The first-order chi connectivity index (χ1) is 10.1. The number of rotatable bonds is 4. The van der Waals surface area contributed by atoms with E-state index in [1.54, 1.807) is 29.7 Å². The SMILES string of the molecule is O=C(O)c1ccc(Cn2ccnc2-c2cccs2)c(Br)c1. The predicted octanol–water partition coefficient (Wildman–Crippen LogP) is 4.12. The van der Waals surface area contributed by atoms with Crippen LogP contribution in [0.5, 0.6) is 0 Å². The molecule has 0 amide bonds. The minimum absolute atomic E-state index is 0.273. The average molecular weight is 363 g/mol. The third kappa shape index (κ3) is 2.91. The van der Waals surface area contributed by atoms with Crippen LogP contribution >= 0.6 is 27.3 Å². The van der Waals surface area contributed by atoms with Crippen molar-refractivity contribution in [3.05, 3.63) is 63.7 Å². The third-order valence-electron chi connectivity index (χ3n) is 3.10. The molecule has 2 heterocycles. The fraction of sp³-hybridized carbons (Fsp3) is 0.0667. The van der Waals surface area contributed by atoms with Gasteiger partial charge in [0.25, 0.3) is 0 Å². The second kappa shape index (κ2) is 5.83. The highest BCUT2D eigenvalue weighted by Crippen LogP contribution is 2.25. The Morgan fingerprint density at radius 3 is 2.90 bits per heavy atom. The Labute approximate surface area is 133 Å². The van der Waals surface area contributed by atoms with E-state index < -0.39 is 5.97 Å². The molecule has 21 heavy (non-hydrogen) atoms. The van der Waals surface area contributed by atoms with Crippen molar-refractivity contribution < 1.29 is 9.90 Å². The molecule has 1 aromatic carbocycles. The summed E-state index contributed by atoms with van der Waals surface area (Å²) < 4.78 is 2.83. The van der Waals surface area contributed by atoms with Gasteiger partial charge in [0, 0.05) is 16.9 Å². The van der Waals surface area contributed by atoms with Crippen LogP contribution in [-0.2, 0) is 6.54 Å². The van der Waals surface area contributed by atoms with Gasteiger partial charge in [0.2, 0.25) is 0 Å². The Balaban J connectivity index is 1.91. The number of nitrogens with zero attached hydrogens (tertiary/aromatic N) is 2. The van der Waals surface area contributed by atoms with E-state index in [0.717, 1.165) is 20.7 Å². The monoisotopic (exact) mass is 362 g/mol. The number of aromatic nitrogens is 2. The Morgan fingerprint density at radius 2 is 2.24 bits per heavy atom. The van der Waals surface area contributed by atoms with Crippen molar-refractivity contribution in [1.82, 2.24) is 9.55 Å². The van der Waals surface area contributed by atoms with Gasteiger partial charge in [0.1, 0.15) is 5.82 Å². The number of halogens is 1.